The molecule has 0 aromatic heterocycles. The first-order chi connectivity index (χ1) is 6.63. The molecule has 1 aromatic rings. The Morgan fingerprint density at radius 1 is 1.43 bits per heavy atom. The Labute approximate surface area is 84.5 Å². The quantitative estimate of drug-likeness (QED) is 0.772. The first-order valence-electron chi connectivity index (χ1n) is 4.75. The van der Waals surface area contributed by atoms with E-state index in [1.165, 1.54) is 6.92 Å². The monoisotopic (exact) mass is 192 g/mol. The lowest BCUT2D eigenvalue weighted by molar-refractivity contribution is -0.114. The second-order valence-corrected chi connectivity index (χ2v) is 3.24. The van der Waals surface area contributed by atoms with Crippen molar-refractivity contribution in [3.05, 3.63) is 23.8 Å². The van der Waals surface area contributed by atoms with E-state index in [0.29, 0.717) is 0 Å². The lowest BCUT2D eigenvalue weighted by Gasteiger charge is -2.09. The van der Waals surface area contributed by atoms with Crippen LogP contribution in [0.4, 0.5) is 11.4 Å². The minimum atomic E-state index is -0.0400. The number of nitrogens with one attached hydrogen (secondary N) is 2. The maximum Gasteiger partial charge on any atom is 0.221 e. The fourth-order valence-corrected chi connectivity index (χ4v) is 1.26. The Hall–Kier alpha value is -1.51. The molecule has 2 N–H and O–H groups in total. The van der Waals surface area contributed by atoms with Crippen molar-refractivity contribution >= 4 is 17.3 Å². The summed E-state index contributed by atoms with van der Waals surface area (Å²) in [6.45, 7) is 6.40. The summed E-state index contributed by atoms with van der Waals surface area (Å²) in [6.07, 6.45) is 0. The van der Waals surface area contributed by atoms with E-state index in [4.69, 9.17) is 0 Å². The Morgan fingerprint density at radius 2 is 2.14 bits per heavy atom. The number of rotatable bonds is 3. The van der Waals surface area contributed by atoms with Gasteiger partial charge in [0.05, 0.1) is 0 Å². The molecule has 0 bridgehead atoms. The molecule has 14 heavy (non-hydrogen) atoms. The molecular weight excluding hydrogens is 176 g/mol. The molecule has 76 valence electrons. The number of carbonyl (C=O) groups excluding carboxylic acids is 1. The lowest BCUT2D eigenvalue weighted by Crippen LogP contribution is -2.07. The van der Waals surface area contributed by atoms with Crippen LogP contribution in [0.1, 0.15) is 19.4 Å². The molecule has 0 saturated heterocycles. The van der Waals surface area contributed by atoms with Crippen LogP contribution in [0, 0.1) is 6.92 Å². The average molecular weight is 192 g/mol. The minimum Gasteiger partial charge on any atom is -0.385 e. The summed E-state index contributed by atoms with van der Waals surface area (Å²) in [5.74, 6) is -0.0400. The maximum atomic E-state index is 10.9. The second-order valence-electron chi connectivity index (χ2n) is 3.24. The van der Waals surface area contributed by atoms with Gasteiger partial charge in [-0.15, -0.1) is 0 Å². The van der Waals surface area contributed by atoms with Gasteiger partial charge in [0.25, 0.3) is 0 Å². The average Bonchev–Trinajstić information content (AvgIpc) is 2.10. The van der Waals surface area contributed by atoms with Crippen molar-refractivity contribution in [1.82, 2.24) is 0 Å². The van der Waals surface area contributed by atoms with Gasteiger partial charge in [0, 0.05) is 24.8 Å². The maximum absolute atomic E-state index is 10.9. The number of benzene rings is 1. The predicted octanol–water partition coefficient (Wildman–Crippen LogP) is 2.39. The van der Waals surface area contributed by atoms with Gasteiger partial charge in [-0.2, -0.15) is 0 Å². The molecule has 3 heteroatoms. The van der Waals surface area contributed by atoms with E-state index in [1.54, 1.807) is 0 Å². The third-order valence-electron chi connectivity index (χ3n) is 1.93. The molecule has 0 aliphatic heterocycles. The third kappa shape index (κ3) is 2.76. The third-order valence-corrected chi connectivity index (χ3v) is 1.93. The van der Waals surface area contributed by atoms with Crippen LogP contribution >= 0.6 is 0 Å². The van der Waals surface area contributed by atoms with Crippen LogP contribution in [0.3, 0.4) is 0 Å². The van der Waals surface area contributed by atoms with Gasteiger partial charge < -0.3 is 10.6 Å². The van der Waals surface area contributed by atoms with Crippen molar-refractivity contribution in [2.45, 2.75) is 20.8 Å². The van der Waals surface area contributed by atoms with Crippen LogP contribution in [0.5, 0.6) is 0 Å². The first-order valence-corrected chi connectivity index (χ1v) is 4.75. The highest BCUT2D eigenvalue weighted by Crippen LogP contribution is 2.19. The van der Waals surface area contributed by atoms with Gasteiger partial charge in [-0.3, -0.25) is 4.79 Å². The van der Waals surface area contributed by atoms with Gasteiger partial charge in [0.1, 0.15) is 0 Å². The Morgan fingerprint density at radius 3 is 2.71 bits per heavy atom. The summed E-state index contributed by atoms with van der Waals surface area (Å²) < 4.78 is 0. The Balaban J connectivity index is 2.90. The van der Waals surface area contributed by atoms with Crippen LogP contribution in [0.2, 0.25) is 0 Å². The Kier molecular flexibility index (Phi) is 3.51. The molecule has 0 saturated carbocycles. The SMILES string of the molecule is CCNc1ccc(C)c(NC(C)=O)c1. The number of aryl methyl sites for hydroxylation is 1. The lowest BCUT2D eigenvalue weighted by atomic mass is 10.2. The number of carbonyl (C=O) groups is 1. The molecule has 1 rings (SSSR count). The molecule has 0 radical (unpaired) electrons. The normalized spacial score (nSPS) is 9.64. The van der Waals surface area contributed by atoms with Crippen molar-refractivity contribution in [2.24, 2.45) is 0 Å². The summed E-state index contributed by atoms with van der Waals surface area (Å²) in [6, 6.07) is 5.94. The van der Waals surface area contributed by atoms with Gasteiger partial charge in [-0.05, 0) is 31.5 Å². The first kappa shape index (κ1) is 10.6. The molecule has 3 nitrogen and oxygen atoms in total. The van der Waals surface area contributed by atoms with Crippen molar-refractivity contribution < 1.29 is 4.79 Å². The van der Waals surface area contributed by atoms with E-state index in [1.807, 2.05) is 32.0 Å². The molecule has 0 atom stereocenters. The molecule has 0 unspecified atom stereocenters. The van der Waals surface area contributed by atoms with Crippen LogP contribution in [0.25, 0.3) is 0 Å². The summed E-state index contributed by atoms with van der Waals surface area (Å²) in [5.41, 5.74) is 2.97. The molecule has 1 aromatic carbocycles. The van der Waals surface area contributed by atoms with Gasteiger partial charge >= 0.3 is 0 Å². The standard InChI is InChI=1S/C11H16N2O/c1-4-12-10-6-5-8(2)11(7-10)13-9(3)14/h5-7,12H,4H2,1-3H3,(H,13,14). The number of anilines is 2. The molecule has 1 amide bonds. The topological polar surface area (TPSA) is 41.1 Å². The largest absolute Gasteiger partial charge is 0.385 e. The summed E-state index contributed by atoms with van der Waals surface area (Å²) in [7, 11) is 0. The van der Waals surface area contributed by atoms with Crippen molar-refractivity contribution in [1.29, 1.82) is 0 Å². The highest BCUT2D eigenvalue weighted by atomic mass is 16.1. The van der Waals surface area contributed by atoms with Gasteiger partial charge in [-0.25, -0.2) is 0 Å². The number of hydrogen-bond donors (Lipinski definition) is 2. The van der Waals surface area contributed by atoms with Crippen molar-refractivity contribution in [2.75, 3.05) is 17.2 Å². The van der Waals surface area contributed by atoms with E-state index < -0.39 is 0 Å². The Bertz CT molecular complexity index is 334. The molecule has 0 spiro atoms. The molecule has 0 heterocycles. The van der Waals surface area contributed by atoms with E-state index >= 15 is 0 Å². The van der Waals surface area contributed by atoms with E-state index in [0.717, 1.165) is 23.5 Å². The second kappa shape index (κ2) is 4.65. The number of amides is 1. The molecule has 0 aliphatic rings. The van der Waals surface area contributed by atoms with Crippen LogP contribution in [-0.4, -0.2) is 12.5 Å². The van der Waals surface area contributed by atoms with Crippen LogP contribution in [0.15, 0.2) is 18.2 Å². The van der Waals surface area contributed by atoms with Gasteiger partial charge in [-0.1, -0.05) is 6.07 Å². The van der Waals surface area contributed by atoms with E-state index in [2.05, 4.69) is 10.6 Å². The van der Waals surface area contributed by atoms with Crippen LogP contribution in [-0.2, 0) is 4.79 Å². The summed E-state index contributed by atoms with van der Waals surface area (Å²) >= 11 is 0. The van der Waals surface area contributed by atoms with E-state index in [-0.39, 0.29) is 5.91 Å². The highest BCUT2D eigenvalue weighted by molar-refractivity contribution is 5.90. The molecule has 0 fully saturated rings. The number of hydrogen-bond acceptors (Lipinski definition) is 2. The van der Waals surface area contributed by atoms with Gasteiger partial charge in [0.2, 0.25) is 5.91 Å². The minimum absolute atomic E-state index is 0.0400. The van der Waals surface area contributed by atoms with Crippen LogP contribution < -0.4 is 10.6 Å². The van der Waals surface area contributed by atoms with Gasteiger partial charge in [0.15, 0.2) is 0 Å². The molecular formula is C11H16N2O. The highest BCUT2D eigenvalue weighted by Gasteiger charge is 2.00. The van der Waals surface area contributed by atoms with E-state index in [9.17, 15) is 4.79 Å². The predicted molar refractivity (Wildman–Crippen MR) is 59.6 cm³/mol. The van der Waals surface area contributed by atoms with Crippen molar-refractivity contribution in [3.63, 3.8) is 0 Å². The zero-order valence-electron chi connectivity index (χ0n) is 8.85. The fraction of sp³-hybridized carbons (Fsp3) is 0.364. The zero-order chi connectivity index (χ0) is 10.6. The summed E-state index contributed by atoms with van der Waals surface area (Å²) in [5, 5.41) is 5.99. The molecule has 0 aliphatic carbocycles. The summed E-state index contributed by atoms with van der Waals surface area (Å²) in [4.78, 5) is 10.9. The smallest absolute Gasteiger partial charge is 0.221 e. The van der Waals surface area contributed by atoms with Crippen molar-refractivity contribution in [3.8, 4) is 0 Å². The zero-order valence-corrected chi connectivity index (χ0v) is 8.85. The fourth-order valence-electron chi connectivity index (χ4n) is 1.26.